The zero-order chi connectivity index (χ0) is 13.9. The number of imidazole rings is 1. The highest BCUT2D eigenvalue weighted by atomic mass is 32.1. The van der Waals surface area contributed by atoms with E-state index in [2.05, 4.69) is 9.98 Å². The number of fused-ring (bicyclic) bond motifs is 1. The second-order valence-corrected chi connectivity index (χ2v) is 5.43. The summed E-state index contributed by atoms with van der Waals surface area (Å²) in [4.78, 5) is 19.1. The number of rotatable bonds is 2. The number of H-pyrrole nitrogens is 1. The molecule has 1 aliphatic heterocycles. The Bertz CT molecular complexity index is 919. The van der Waals surface area contributed by atoms with Crippen LogP contribution in [0.4, 0.5) is 0 Å². The largest absolute Gasteiger partial charge is 0.493 e. The van der Waals surface area contributed by atoms with Gasteiger partial charge in [-0.3, -0.25) is 9.36 Å². The molecule has 5 nitrogen and oxygen atoms in total. The van der Waals surface area contributed by atoms with Gasteiger partial charge in [-0.1, -0.05) is 18.2 Å². The number of benzene rings is 1. The summed E-state index contributed by atoms with van der Waals surface area (Å²) in [6.45, 7) is 0. The van der Waals surface area contributed by atoms with Crippen molar-refractivity contribution in [3.05, 3.63) is 45.3 Å². The fraction of sp³-hybridized carbons (Fsp3) is 0.214. The molecule has 0 bridgehead atoms. The predicted molar refractivity (Wildman–Crippen MR) is 74.3 cm³/mol. The number of aromatic amines is 1. The maximum absolute atomic E-state index is 12.1. The third-order valence-electron chi connectivity index (χ3n) is 3.67. The number of para-hydroxylation sites is 1. The van der Waals surface area contributed by atoms with Crippen LogP contribution in [0.5, 0.6) is 5.88 Å². The second kappa shape index (κ2) is 3.89. The summed E-state index contributed by atoms with van der Waals surface area (Å²) < 4.78 is 2.14. The van der Waals surface area contributed by atoms with Crippen LogP contribution in [0, 0.1) is 4.77 Å². The topological polar surface area (TPSA) is 70.4 Å². The van der Waals surface area contributed by atoms with E-state index in [1.165, 1.54) is 0 Å². The van der Waals surface area contributed by atoms with Gasteiger partial charge in [0, 0.05) is 11.3 Å². The number of hydrogen-bond acceptors (Lipinski definition) is 3. The van der Waals surface area contributed by atoms with Gasteiger partial charge in [-0.2, -0.15) is 0 Å². The van der Waals surface area contributed by atoms with Crippen LogP contribution in [-0.2, 0) is 4.79 Å². The summed E-state index contributed by atoms with van der Waals surface area (Å²) >= 11 is 5.24. The number of carbonyl (C=O) groups is 1. The van der Waals surface area contributed by atoms with Crippen LogP contribution in [0.2, 0.25) is 0 Å². The van der Waals surface area contributed by atoms with Gasteiger partial charge >= 0.3 is 0 Å². The average Bonchev–Trinajstić information content (AvgIpc) is 3.13. The van der Waals surface area contributed by atoms with Crippen LogP contribution in [0.25, 0.3) is 5.57 Å². The number of amides is 1. The van der Waals surface area contributed by atoms with Crippen molar-refractivity contribution in [1.29, 1.82) is 0 Å². The van der Waals surface area contributed by atoms with Crippen LogP contribution in [0.15, 0.2) is 29.3 Å². The number of carbonyl (C=O) groups excluding carboxylic acids is 1. The van der Waals surface area contributed by atoms with Gasteiger partial charge in [0.05, 0.1) is 10.9 Å². The number of hydrogen-bond donors (Lipinski definition) is 2. The molecule has 100 valence electrons. The Morgan fingerprint density at radius 2 is 2.10 bits per heavy atom. The molecule has 0 radical (unpaired) electrons. The van der Waals surface area contributed by atoms with Crippen molar-refractivity contribution < 1.29 is 9.90 Å². The van der Waals surface area contributed by atoms with Crippen LogP contribution >= 0.6 is 12.2 Å². The standard InChI is InChI=1S/C14H11N3O2S/c18-12-10(8-3-1-2-4-9(8)15-12)11-13(19)17(7-5-6-7)14(20)16-11/h1-4,7,19H,5-6H2,(H,16,20). The highest BCUT2D eigenvalue weighted by molar-refractivity contribution is 7.71. The molecule has 2 aromatic rings. The molecule has 1 aromatic carbocycles. The molecule has 1 fully saturated rings. The van der Waals surface area contributed by atoms with Gasteiger partial charge in [-0.15, -0.1) is 0 Å². The first-order chi connectivity index (χ1) is 9.66. The molecule has 2 aliphatic rings. The number of nitrogens with one attached hydrogen (secondary N) is 1. The van der Waals surface area contributed by atoms with E-state index in [1.54, 1.807) is 10.6 Å². The first kappa shape index (κ1) is 11.6. The summed E-state index contributed by atoms with van der Waals surface area (Å²) in [6.07, 6.45) is 2.01. The average molecular weight is 285 g/mol. The van der Waals surface area contributed by atoms with Crippen molar-refractivity contribution in [2.45, 2.75) is 18.9 Å². The fourth-order valence-corrected chi connectivity index (χ4v) is 2.93. The fourth-order valence-electron chi connectivity index (χ4n) is 2.59. The van der Waals surface area contributed by atoms with Gasteiger partial charge in [0.25, 0.3) is 5.91 Å². The lowest BCUT2D eigenvalue weighted by molar-refractivity contribution is -0.112. The highest BCUT2D eigenvalue weighted by Gasteiger charge is 2.31. The molecule has 6 heteroatoms. The minimum Gasteiger partial charge on any atom is -0.493 e. The molecule has 0 spiro atoms. The maximum atomic E-state index is 12.1. The molecule has 2 heterocycles. The van der Waals surface area contributed by atoms with E-state index in [4.69, 9.17) is 12.2 Å². The van der Waals surface area contributed by atoms with E-state index in [9.17, 15) is 9.90 Å². The third-order valence-corrected chi connectivity index (χ3v) is 3.97. The monoisotopic (exact) mass is 285 g/mol. The Morgan fingerprint density at radius 3 is 2.85 bits per heavy atom. The Hall–Kier alpha value is -2.21. The van der Waals surface area contributed by atoms with E-state index in [-0.39, 0.29) is 17.8 Å². The Balaban J connectivity index is 2.04. The molecule has 1 saturated carbocycles. The predicted octanol–water partition coefficient (Wildman–Crippen LogP) is 0.945. The van der Waals surface area contributed by atoms with E-state index >= 15 is 0 Å². The summed E-state index contributed by atoms with van der Waals surface area (Å²) in [5.41, 5.74) is 0.768. The minimum absolute atomic E-state index is 0.0350. The molecule has 20 heavy (non-hydrogen) atoms. The highest BCUT2D eigenvalue weighted by Crippen LogP contribution is 2.40. The van der Waals surface area contributed by atoms with Crippen LogP contribution in [0.3, 0.4) is 0 Å². The van der Waals surface area contributed by atoms with Crippen molar-refractivity contribution >= 4 is 23.7 Å². The summed E-state index contributed by atoms with van der Waals surface area (Å²) in [6, 6.07) is 7.52. The van der Waals surface area contributed by atoms with Crippen molar-refractivity contribution in [3.63, 3.8) is 0 Å². The summed E-state index contributed by atoms with van der Waals surface area (Å²) in [7, 11) is 0. The van der Waals surface area contributed by atoms with Crippen molar-refractivity contribution in [2.24, 2.45) is 4.99 Å². The van der Waals surface area contributed by atoms with Crippen LogP contribution < -0.4 is 10.6 Å². The zero-order valence-corrected chi connectivity index (χ0v) is 11.3. The SMILES string of the molecule is O=C1N=c2ccccc2=C1c1[nH]c(=S)n(C2CC2)c1O. The molecule has 4 rings (SSSR count). The zero-order valence-electron chi connectivity index (χ0n) is 10.5. The molecule has 0 unspecified atom stereocenters. The summed E-state index contributed by atoms with van der Waals surface area (Å²) in [5.74, 6) is -0.312. The van der Waals surface area contributed by atoms with E-state index in [0.717, 1.165) is 18.1 Å². The Morgan fingerprint density at radius 1 is 1.35 bits per heavy atom. The molecule has 1 aliphatic carbocycles. The number of nitrogens with zero attached hydrogens (tertiary/aromatic N) is 2. The van der Waals surface area contributed by atoms with Gasteiger partial charge in [-0.05, 0) is 31.1 Å². The Kier molecular flexibility index (Phi) is 2.26. The lowest BCUT2D eigenvalue weighted by Crippen LogP contribution is -2.22. The van der Waals surface area contributed by atoms with Crippen molar-refractivity contribution in [3.8, 4) is 5.88 Å². The van der Waals surface area contributed by atoms with Crippen LogP contribution in [0.1, 0.15) is 24.6 Å². The van der Waals surface area contributed by atoms with Crippen molar-refractivity contribution in [2.75, 3.05) is 0 Å². The normalized spacial score (nSPS) is 17.2. The quantitative estimate of drug-likeness (QED) is 0.807. The Labute approximate surface area is 118 Å². The third kappa shape index (κ3) is 1.51. The lowest BCUT2D eigenvalue weighted by Gasteiger charge is -2.02. The molecular weight excluding hydrogens is 274 g/mol. The van der Waals surface area contributed by atoms with Crippen molar-refractivity contribution in [1.82, 2.24) is 9.55 Å². The van der Waals surface area contributed by atoms with Gasteiger partial charge in [0.1, 0.15) is 5.69 Å². The summed E-state index contributed by atoms with van der Waals surface area (Å²) in [5, 5.41) is 11.7. The smallest absolute Gasteiger partial charge is 0.280 e. The second-order valence-electron chi connectivity index (χ2n) is 5.04. The van der Waals surface area contributed by atoms with Gasteiger partial charge in [-0.25, -0.2) is 4.99 Å². The van der Waals surface area contributed by atoms with E-state index in [1.807, 2.05) is 18.2 Å². The molecule has 0 saturated heterocycles. The first-order valence-electron chi connectivity index (χ1n) is 6.43. The van der Waals surface area contributed by atoms with E-state index in [0.29, 0.717) is 21.4 Å². The number of aromatic hydroxyl groups is 1. The van der Waals surface area contributed by atoms with Gasteiger partial charge in [0.15, 0.2) is 4.77 Å². The number of aromatic nitrogens is 2. The molecule has 0 atom stereocenters. The molecule has 1 aromatic heterocycles. The van der Waals surface area contributed by atoms with Crippen LogP contribution in [-0.4, -0.2) is 20.6 Å². The van der Waals surface area contributed by atoms with Gasteiger partial charge < -0.3 is 10.1 Å². The first-order valence-corrected chi connectivity index (χ1v) is 6.84. The minimum atomic E-state index is -0.347. The van der Waals surface area contributed by atoms with E-state index < -0.39 is 0 Å². The molecule has 1 amide bonds. The maximum Gasteiger partial charge on any atom is 0.280 e. The van der Waals surface area contributed by atoms with Gasteiger partial charge in [0.2, 0.25) is 5.88 Å². The lowest BCUT2D eigenvalue weighted by atomic mass is 10.1. The molecule has 2 N–H and O–H groups in total. The molecular formula is C14H11N3O2S.